The van der Waals surface area contributed by atoms with Gasteiger partial charge in [-0.1, -0.05) is 13.0 Å². The Hall–Kier alpha value is -2.94. The number of nitrogens with zero attached hydrogens (tertiary/aromatic N) is 2. The summed E-state index contributed by atoms with van der Waals surface area (Å²) in [7, 11) is 1.29. The van der Waals surface area contributed by atoms with Crippen molar-refractivity contribution in [3.63, 3.8) is 0 Å². The fourth-order valence-corrected chi connectivity index (χ4v) is 4.31. The van der Waals surface area contributed by atoms with Crippen LogP contribution in [0.1, 0.15) is 47.5 Å². The van der Waals surface area contributed by atoms with E-state index in [0.717, 1.165) is 30.8 Å². The minimum atomic E-state index is -0.563. The largest absolute Gasteiger partial charge is 0.469 e. The highest BCUT2D eigenvalue weighted by Gasteiger charge is 2.26. The average molecular weight is 432 g/mol. The van der Waals surface area contributed by atoms with Crippen LogP contribution in [-0.2, 0) is 9.53 Å². The molecule has 30 heavy (non-hydrogen) atoms. The minimum Gasteiger partial charge on any atom is -0.469 e. The van der Waals surface area contributed by atoms with E-state index in [-0.39, 0.29) is 17.7 Å². The molecule has 2 heterocycles. The Balaban J connectivity index is 1.81. The maximum Gasteiger partial charge on any atom is 0.307 e. The maximum absolute atomic E-state index is 12.8. The number of methoxy groups -OCH3 is 1. The standard InChI is InChI=1S/C21H25N3O5S/c1-14-7-9-23(10-8-14)17-6-5-15(12-18(17)24(27)28)21(26)22-16(13-20(25)29-2)19-4-3-11-30-19/h3-6,11-12,14,16H,7-10,13H2,1-2H3,(H,22,26). The SMILES string of the molecule is COC(=O)CC(NC(=O)c1ccc(N2CCC(C)CC2)c([N+](=O)[O-])c1)c1cccs1. The molecule has 1 unspecified atom stereocenters. The molecule has 1 aromatic carbocycles. The van der Waals surface area contributed by atoms with Gasteiger partial charge in [-0.2, -0.15) is 0 Å². The van der Waals surface area contributed by atoms with Crippen LogP contribution in [0.25, 0.3) is 0 Å². The molecule has 1 atom stereocenters. The van der Waals surface area contributed by atoms with E-state index in [9.17, 15) is 19.7 Å². The molecule has 0 saturated carbocycles. The molecule has 9 heteroatoms. The van der Waals surface area contributed by atoms with Gasteiger partial charge in [-0.3, -0.25) is 19.7 Å². The number of piperidine rings is 1. The van der Waals surface area contributed by atoms with E-state index >= 15 is 0 Å². The van der Waals surface area contributed by atoms with Gasteiger partial charge in [-0.15, -0.1) is 11.3 Å². The third-order valence-electron chi connectivity index (χ3n) is 5.35. The molecule has 8 nitrogen and oxygen atoms in total. The molecule has 1 aliphatic heterocycles. The van der Waals surface area contributed by atoms with Gasteiger partial charge in [0.2, 0.25) is 0 Å². The molecule has 0 aliphatic carbocycles. The molecule has 1 aromatic heterocycles. The summed E-state index contributed by atoms with van der Waals surface area (Å²) >= 11 is 1.41. The lowest BCUT2D eigenvalue weighted by atomic mass is 9.98. The zero-order valence-electron chi connectivity index (χ0n) is 17.0. The lowest BCUT2D eigenvalue weighted by Crippen LogP contribution is -2.33. The third-order valence-corrected chi connectivity index (χ3v) is 6.34. The number of benzene rings is 1. The fraction of sp³-hybridized carbons (Fsp3) is 0.429. The Morgan fingerprint density at radius 3 is 2.67 bits per heavy atom. The van der Waals surface area contributed by atoms with E-state index in [2.05, 4.69) is 12.2 Å². The van der Waals surface area contributed by atoms with Gasteiger partial charge in [0.25, 0.3) is 11.6 Å². The second-order valence-corrected chi connectivity index (χ2v) is 8.43. The average Bonchev–Trinajstić information content (AvgIpc) is 3.28. The van der Waals surface area contributed by atoms with Crippen molar-refractivity contribution < 1.29 is 19.2 Å². The summed E-state index contributed by atoms with van der Waals surface area (Å²) in [6, 6.07) is 7.64. The summed E-state index contributed by atoms with van der Waals surface area (Å²) in [5.74, 6) is -0.317. The number of carbonyl (C=O) groups excluding carboxylic acids is 2. The monoisotopic (exact) mass is 431 g/mol. The molecule has 0 spiro atoms. The van der Waals surface area contributed by atoms with Gasteiger partial charge in [-0.05, 0) is 42.3 Å². The Bertz CT molecular complexity index is 907. The van der Waals surface area contributed by atoms with Gasteiger partial charge in [0, 0.05) is 29.6 Å². The smallest absolute Gasteiger partial charge is 0.307 e. The van der Waals surface area contributed by atoms with Crippen molar-refractivity contribution >= 4 is 34.6 Å². The lowest BCUT2D eigenvalue weighted by molar-refractivity contribution is -0.384. The molecule has 1 amide bonds. The predicted octanol–water partition coefficient (Wildman–Crippen LogP) is 3.93. The van der Waals surface area contributed by atoms with E-state index < -0.39 is 22.8 Å². The van der Waals surface area contributed by atoms with Crippen LogP contribution in [0, 0.1) is 16.0 Å². The number of hydrogen-bond acceptors (Lipinski definition) is 7. The predicted molar refractivity (Wildman–Crippen MR) is 115 cm³/mol. The van der Waals surface area contributed by atoms with E-state index in [1.807, 2.05) is 22.4 Å². The van der Waals surface area contributed by atoms with Crippen LogP contribution in [0.3, 0.4) is 0 Å². The van der Waals surface area contributed by atoms with E-state index in [1.54, 1.807) is 12.1 Å². The number of hydrogen-bond donors (Lipinski definition) is 1. The Morgan fingerprint density at radius 2 is 2.07 bits per heavy atom. The topological polar surface area (TPSA) is 102 Å². The number of nitrogens with one attached hydrogen (secondary N) is 1. The zero-order chi connectivity index (χ0) is 21.7. The molecule has 1 aliphatic rings. The first-order valence-corrected chi connectivity index (χ1v) is 10.7. The van der Waals surface area contributed by atoms with Crippen LogP contribution in [0.5, 0.6) is 0 Å². The Labute approximate surface area is 179 Å². The number of ether oxygens (including phenoxy) is 1. The first-order chi connectivity index (χ1) is 14.4. The van der Waals surface area contributed by atoms with Crippen molar-refractivity contribution in [2.45, 2.75) is 32.2 Å². The lowest BCUT2D eigenvalue weighted by Gasteiger charge is -2.31. The zero-order valence-corrected chi connectivity index (χ0v) is 17.8. The highest BCUT2D eigenvalue weighted by molar-refractivity contribution is 7.10. The molecular formula is C21H25N3O5S. The van der Waals surface area contributed by atoms with Gasteiger partial charge >= 0.3 is 5.97 Å². The molecular weight excluding hydrogens is 406 g/mol. The van der Waals surface area contributed by atoms with Gasteiger partial charge in [-0.25, -0.2) is 0 Å². The molecule has 3 rings (SSSR count). The summed E-state index contributed by atoms with van der Waals surface area (Å²) in [5, 5.41) is 16.3. The number of nitro benzene ring substituents is 1. The number of nitro groups is 1. The summed E-state index contributed by atoms with van der Waals surface area (Å²) < 4.78 is 4.73. The molecule has 1 saturated heterocycles. The number of thiophene rings is 1. The minimum absolute atomic E-state index is 0.0190. The quantitative estimate of drug-likeness (QED) is 0.405. The second kappa shape index (κ2) is 9.71. The third kappa shape index (κ3) is 5.15. The molecule has 1 N–H and O–H groups in total. The first kappa shape index (κ1) is 21.8. The molecule has 0 radical (unpaired) electrons. The number of rotatable bonds is 7. The Morgan fingerprint density at radius 1 is 1.33 bits per heavy atom. The van der Waals surface area contributed by atoms with E-state index in [0.29, 0.717) is 11.6 Å². The number of esters is 1. The molecule has 2 aromatic rings. The summed E-state index contributed by atoms with van der Waals surface area (Å²) in [6.45, 7) is 3.69. The summed E-state index contributed by atoms with van der Waals surface area (Å²) in [6.07, 6.45) is 1.94. The van der Waals surface area contributed by atoms with Crippen LogP contribution in [0.15, 0.2) is 35.7 Å². The van der Waals surface area contributed by atoms with Crippen LogP contribution in [0.2, 0.25) is 0 Å². The van der Waals surface area contributed by atoms with E-state index in [4.69, 9.17) is 4.74 Å². The Kier molecular flexibility index (Phi) is 7.04. The van der Waals surface area contributed by atoms with Gasteiger partial charge in [0.1, 0.15) is 5.69 Å². The van der Waals surface area contributed by atoms with Crippen LogP contribution in [0.4, 0.5) is 11.4 Å². The van der Waals surface area contributed by atoms with Crippen LogP contribution >= 0.6 is 11.3 Å². The first-order valence-electron chi connectivity index (χ1n) is 9.83. The van der Waals surface area contributed by atoms with Gasteiger partial charge < -0.3 is 15.0 Å². The normalized spacial score (nSPS) is 15.5. The van der Waals surface area contributed by atoms with Crippen molar-refractivity contribution in [1.29, 1.82) is 0 Å². The summed E-state index contributed by atoms with van der Waals surface area (Å²) in [5.41, 5.74) is 0.632. The number of carbonyl (C=O) groups is 2. The van der Waals surface area contributed by atoms with Crippen molar-refractivity contribution in [1.82, 2.24) is 5.32 Å². The molecule has 160 valence electrons. The van der Waals surface area contributed by atoms with Crippen molar-refractivity contribution in [2.24, 2.45) is 5.92 Å². The number of anilines is 1. The fourth-order valence-electron chi connectivity index (χ4n) is 3.53. The molecule has 1 fully saturated rings. The highest BCUT2D eigenvalue weighted by atomic mass is 32.1. The summed E-state index contributed by atoms with van der Waals surface area (Å²) in [4.78, 5) is 38.6. The number of amides is 1. The van der Waals surface area contributed by atoms with Crippen LogP contribution < -0.4 is 10.2 Å². The van der Waals surface area contributed by atoms with Crippen molar-refractivity contribution in [2.75, 3.05) is 25.1 Å². The van der Waals surface area contributed by atoms with Crippen LogP contribution in [-0.4, -0.2) is 37.0 Å². The maximum atomic E-state index is 12.8. The van der Waals surface area contributed by atoms with Crippen molar-refractivity contribution in [3.05, 3.63) is 56.3 Å². The second-order valence-electron chi connectivity index (χ2n) is 7.45. The molecule has 0 bridgehead atoms. The highest BCUT2D eigenvalue weighted by Crippen LogP contribution is 2.32. The van der Waals surface area contributed by atoms with Crippen molar-refractivity contribution in [3.8, 4) is 0 Å². The van der Waals surface area contributed by atoms with Gasteiger partial charge in [0.15, 0.2) is 0 Å². The van der Waals surface area contributed by atoms with Gasteiger partial charge in [0.05, 0.1) is 24.5 Å². The van der Waals surface area contributed by atoms with E-state index in [1.165, 1.54) is 24.5 Å².